The molecule has 0 aromatic heterocycles. The van der Waals surface area contributed by atoms with Crippen molar-refractivity contribution in [3.63, 3.8) is 0 Å². The van der Waals surface area contributed by atoms with Crippen molar-refractivity contribution < 1.29 is 36.2 Å². The normalized spacial score (nSPS) is 11.5. The second kappa shape index (κ2) is 11.3. The lowest BCUT2D eigenvalue weighted by Crippen LogP contribution is -2.15. The molecule has 208 valence electrons. The molecule has 0 aliphatic heterocycles. The molecule has 0 fully saturated rings. The molecule has 10 nitrogen and oxygen atoms in total. The van der Waals surface area contributed by atoms with Crippen LogP contribution in [-0.4, -0.2) is 35.0 Å². The predicted octanol–water partition coefficient (Wildman–Crippen LogP) is 5.40. The Hall–Kier alpha value is -4.55. The summed E-state index contributed by atoms with van der Waals surface area (Å²) in [6, 6.07) is 20.7. The van der Waals surface area contributed by atoms with Gasteiger partial charge in [0.25, 0.3) is 20.0 Å². The van der Waals surface area contributed by atoms with Crippen molar-refractivity contribution in [2.45, 2.75) is 23.6 Å². The maximum Gasteiger partial charge on any atom is 0.337 e. The first-order valence-corrected chi connectivity index (χ1v) is 14.8. The van der Waals surface area contributed by atoms with Crippen molar-refractivity contribution in [2.24, 2.45) is 0 Å². The quantitative estimate of drug-likeness (QED) is 0.225. The molecule has 0 spiro atoms. The number of sulfonamides is 2. The Morgan fingerprint density at radius 2 is 1.12 bits per heavy atom. The minimum absolute atomic E-state index is 0.0139. The minimum Gasteiger partial charge on any atom is -0.494 e. The second-order valence-corrected chi connectivity index (χ2v) is 12.2. The van der Waals surface area contributed by atoms with Crippen LogP contribution in [0.4, 0.5) is 11.4 Å². The van der Waals surface area contributed by atoms with Gasteiger partial charge in [0.2, 0.25) is 0 Å². The number of hydrogen-bond donors (Lipinski definition) is 3. The zero-order valence-electron chi connectivity index (χ0n) is 21.7. The van der Waals surface area contributed by atoms with Gasteiger partial charge in [0.05, 0.1) is 33.8 Å². The molecule has 3 N–H and O–H groups in total. The Morgan fingerprint density at radius 3 is 1.60 bits per heavy atom. The Bertz CT molecular complexity index is 1770. The average Bonchev–Trinajstić information content (AvgIpc) is 2.90. The van der Waals surface area contributed by atoms with Crippen LogP contribution in [0.25, 0.3) is 0 Å². The van der Waals surface area contributed by atoms with Gasteiger partial charge in [-0.15, -0.1) is 0 Å². The average molecular weight is 583 g/mol. The summed E-state index contributed by atoms with van der Waals surface area (Å²) in [7, 11) is -6.56. The number of methoxy groups -OCH3 is 1. The van der Waals surface area contributed by atoms with Gasteiger partial charge in [0.1, 0.15) is 17.2 Å². The van der Waals surface area contributed by atoms with E-state index in [9.17, 15) is 26.7 Å². The molecule has 0 amide bonds. The first-order valence-electron chi connectivity index (χ1n) is 11.8. The van der Waals surface area contributed by atoms with Crippen LogP contribution in [0.15, 0.2) is 94.7 Å². The predicted molar refractivity (Wildman–Crippen MR) is 150 cm³/mol. The summed E-state index contributed by atoms with van der Waals surface area (Å²) >= 11 is 0. The van der Waals surface area contributed by atoms with Crippen molar-refractivity contribution in [1.82, 2.24) is 0 Å². The van der Waals surface area contributed by atoms with E-state index in [1.807, 2.05) is 13.8 Å². The van der Waals surface area contributed by atoms with E-state index in [4.69, 9.17) is 9.47 Å². The maximum atomic E-state index is 12.8. The lowest BCUT2D eigenvalue weighted by molar-refractivity contribution is 0.0697. The molecule has 40 heavy (non-hydrogen) atoms. The summed E-state index contributed by atoms with van der Waals surface area (Å²) in [5.41, 5.74) is 1.49. The van der Waals surface area contributed by atoms with Crippen LogP contribution in [0, 0.1) is 13.8 Å². The number of anilines is 2. The number of carboxylic acids is 1. The van der Waals surface area contributed by atoms with Gasteiger partial charge in [-0.1, -0.05) is 35.4 Å². The van der Waals surface area contributed by atoms with Gasteiger partial charge in [-0.05, 0) is 68.4 Å². The Kier molecular flexibility index (Phi) is 8.03. The molecule has 0 saturated carbocycles. The van der Waals surface area contributed by atoms with E-state index in [0.717, 1.165) is 11.1 Å². The van der Waals surface area contributed by atoms with Crippen LogP contribution in [-0.2, 0) is 20.0 Å². The Balaban J connectivity index is 1.56. The number of aryl methyl sites for hydroxylation is 2. The molecule has 0 radical (unpaired) electrons. The third-order valence-electron chi connectivity index (χ3n) is 5.78. The van der Waals surface area contributed by atoms with Crippen LogP contribution >= 0.6 is 0 Å². The van der Waals surface area contributed by atoms with E-state index >= 15 is 0 Å². The molecule has 4 aromatic carbocycles. The van der Waals surface area contributed by atoms with Crippen LogP contribution in [0.5, 0.6) is 17.2 Å². The number of carboxylic acid groups (broad SMARTS) is 1. The largest absolute Gasteiger partial charge is 0.494 e. The zero-order valence-corrected chi connectivity index (χ0v) is 23.3. The molecular formula is C28H26N2O8S2. The van der Waals surface area contributed by atoms with Crippen LogP contribution < -0.4 is 18.9 Å². The van der Waals surface area contributed by atoms with Crippen LogP contribution in [0.2, 0.25) is 0 Å². The summed E-state index contributed by atoms with van der Waals surface area (Å²) in [6.07, 6.45) is 0. The standard InChI is InChI=1S/C28H26N2O8S2/c1-18-4-10-22(11-5-18)39(33,34)29-25-14-8-20(16-24(25)28(31)32)38-21-9-15-26(27(17-21)37-3)30-40(35,36)23-12-6-19(2)7-13-23/h4-17,29-30H,1-3H3,(H,31,32). The third-order valence-corrected chi connectivity index (χ3v) is 8.54. The SMILES string of the molecule is COc1cc(Oc2ccc(NS(=O)(=O)c3ccc(C)cc3)c(C(=O)O)c2)ccc1NS(=O)(=O)c1ccc(C)cc1. The molecule has 0 bridgehead atoms. The van der Waals surface area contributed by atoms with Gasteiger partial charge in [0, 0.05) is 6.07 Å². The maximum absolute atomic E-state index is 12.8. The van der Waals surface area contributed by atoms with Crippen LogP contribution in [0.3, 0.4) is 0 Å². The van der Waals surface area contributed by atoms with E-state index < -0.39 is 26.0 Å². The van der Waals surface area contributed by atoms with Gasteiger partial charge in [-0.3, -0.25) is 9.44 Å². The van der Waals surface area contributed by atoms with Gasteiger partial charge >= 0.3 is 5.97 Å². The number of rotatable bonds is 10. The van der Waals surface area contributed by atoms with E-state index in [-0.39, 0.29) is 44.0 Å². The van der Waals surface area contributed by atoms with Crippen molar-refractivity contribution in [3.05, 3.63) is 102 Å². The smallest absolute Gasteiger partial charge is 0.337 e. The summed E-state index contributed by atoms with van der Waals surface area (Å²) in [5, 5.41) is 9.72. The number of aromatic carboxylic acids is 1. The monoisotopic (exact) mass is 582 g/mol. The molecule has 0 unspecified atom stereocenters. The highest BCUT2D eigenvalue weighted by atomic mass is 32.2. The minimum atomic E-state index is -4.04. The summed E-state index contributed by atoms with van der Waals surface area (Å²) in [4.78, 5) is 12.0. The van der Waals surface area contributed by atoms with E-state index in [1.54, 1.807) is 24.3 Å². The molecule has 0 saturated heterocycles. The number of nitrogens with one attached hydrogen (secondary N) is 2. The number of hydrogen-bond acceptors (Lipinski definition) is 7. The fourth-order valence-corrected chi connectivity index (χ4v) is 5.80. The Morgan fingerprint density at radius 1 is 0.675 bits per heavy atom. The molecule has 4 aromatic rings. The number of benzene rings is 4. The highest BCUT2D eigenvalue weighted by molar-refractivity contribution is 7.93. The fourth-order valence-electron chi connectivity index (χ4n) is 3.65. The van der Waals surface area contributed by atoms with Crippen molar-refractivity contribution in [1.29, 1.82) is 0 Å². The van der Waals surface area contributed by atoms with Gasteiger partial charge < -0.3 is 14.6 Å². The van der Waals surface area contributed by atoms with Crippen LogP contribution in [0.1, 0.15) is 21.5 Å². The van der Waals surface area contributed by atoms with Crippen molar-refractivity contribution in [3.8, 4) is 17.2 Å². The fraction of sp³-hybridized carbons (Fsp3) is 0.107. The van der Waals surface area contributed by atoms with E-state index in [1.165, 1.54) is 67.8 Å². The molecule has 0 aliphatic carbocycles. The Labute approximate surface area is 232 Å². The van der Waals surface area contributed by atoms with Gasteiger partial charge in [-0.25, -0.2) is 21.6 Å². The molecule has 0 atom stereocenters. The number of carbonyl (C=O) groups is 1. The van der Waals surface area contributed by atoms with E-state index in [0.29, 0.717) is 0 Å². The number of ether oxygens (including phenoxy) is 2. The first kappa shape index (κ1) is 28.5. The molecular weight excluding hydrogens is 556 g/mol. The van der Waals surface area contributed by atoms with Crippen molar-refractivity contribution >= 4 is 37.4 Å². The third kappa shape index (κ3) is 6.53. The highest BCUT2D eigenvalue weighted by Gasteiger charge is 2.20. The molecule has 4 rings (SSSR count). The molecule has 12 heteroatoms. The van der Waals surface area contributed by atoms with Gasteiger partial charge in [-0.2, -0.15) is 0 Å². The zero-order chi connectivity index (χ0) is 29.1. The van der Waals surface area contributed by atoms with E-state index in [2.05, 4.69) is 9.44 Å². The molecule has 0 heterocycles. The summed E-state index contributed by atoms with van der Waals surface area (Å²) in [5.74, 6) is -0.884. The summed E-state index contributed by atoms with van der Waals surface area (Å²) in [6.45, 7) is 3.67. The highest BCUT2D eigenvalue weighted by Crippen LogP contribution is 2.34. The summed E-state index contributed by atoms with van der Waals surface area (Å²) < 4.78 is 67.0. The molecule has 0 aliphatic rings. The van der Waals surface area contributed by atoms with Gasteiger partial charge in [0.15, 0.2) is 0 Å². The lowest BCUT2D eigenvalue weighted by atomic mass is 10.1. The topological polar surface area (TPSA) is 148 Å². The van der Waals surface area contributed by atoms with Crippen molar-refractivity contribution in [2.75, 3.05) is 16.6 Å². The lowest BCUT2D eigenvalue weighted by Gasteiger charge is -2.15. The second-order valence-electron chi connectivity index (χ2n) is 8.81. The first-order chi connectivity index (χ1) is 18.9.